The molecule has 4 heteroatoms. The lowest BCUT2D eigenvalue weighted by atomic mass is 10.1. The molecule has 1 heterocycles. The average Bonchev–Trinajstić information content (AvgIpc) is 2.61. The maximum Gasteiger partial charge on any atom is 0.243 e. The topological polar surface area (TPSA) is 50.2 Å². The summed E-state index contributed by atoms with van der Waals surface area (Å²) in [5, 5.41) is 4.31. The molecule has 108 valence electrons. The van der Waals surface area contributed by atoms with Crippen molar-refractivity contribution in [1.82, 2.24) is 9.97 Å². The number of nitrogens with zero attached hydrogens (tertiary/aromatic N) is 3. The van der Waals surface area contributed by atoms with E-state index in [4.69, 9.17) is 0 Å². The van der Waals surface area contributed by atoms with Crippen molar-refractivity contribution in [3.63, 3.8) is 0 Å². The molecular weight excluding hydrogens is 272 g/mol. The molecule has 0 fully saturated rings. The first-order valence-corrected chi connectivity index (χ1v) is 7.06. The molecule has 1 aromatic heterocycles. The first kappa shape index (κ1) is 13.9. The third-order valence-corrected chi connectivity index (χ3v) is 3.27. The number of rotatable bonds is 4. The largest absolute Gasteiger partial charge is 0.245 e. The summed E-state index contributed by atoms with van der Waals surface area (Å²) in [5.74, 6) is 0.481. The van der Waals surface area contributed by atoms with Gasteiger partial charge in [0.25, 0.3) is 0 Å². The van der Waals surface area contributed by atoms with Gasteiger partial charge in [-0.05, 0) is 18.1 Å². The first-order valence-electron chi connectivity index (χ1n) is 7.06. The highest BCUT2D eigenvalue weighted by Gasteiger charge is 2.00. The molecule has 0 aliphatic heterocycles. The minimum absolute atomic E-state index is 0.481. The lowest BCUT2D eigenvalue weighted by Gasteiger charge is -2.04. The van der Waals surface area contributed by atoms with Gasteiger partial charge in [0.15, 0.2) is 0 Å². The van der Waals surface area contributed by atoms with E-state index in [0.717, 1.165) is 22.4 Å². The Morgan fingerprint density at radius 3 is 2.05 bits per heavy atom. The second kappa shape index (κ2) is 6.63. The molecule has 4 nitrogen and oxygen atoms in total. The fraction of sp³-hybridized carbons (Fsp3) is 0.0556. The van der Waals surface area contributed by atoms with Crippen LogP contribution >= 0.6 is 0 Å². The van der Waals surface area contributed by atoms with E-state index in [-0.39, 0.29) is 0 Å². The number of hydrogen-bond acceptors (Lipinski definition) is 4. The van der Waals surface area contributed by atoms with Gasteiger partial charge in [-0.2, -0.15) is 5.10 Å². The number of anilines is 1. The summed E-state index contributed by atoms with van der Waals surface area (Å²) in [6.07, 6.45) is 3.58. The zero-order chi connectivity index (χ0) is 15.2. The minimum Gasteiger partial charge on any atom is -0.245 e. The van der Waals surface area contributed by atoms with E-state index in [1.165, 1.54) is 0 Å². The number of benzene rings is 2. The highest BCUT2D eigenvalue weighted by atomic mass is 15.3. The second-order valence-corrected chi connectivity index (χ2v) is 4.84. The summed E-state index contributed by atoms with van der Waals surface area (Å²) >= 11 is 0. The molecule has 0 aliphatic rings. The third-order valence-electron chi connectivity index (χ3n) is 3.27. The Hall–Kier alpha value is -3.01. The molecule has 0 radical (unpaired) electrons. The predicted octanol–water partition coefficient (Wildman–Crippen LogP) is 3.98. The van der Waals surface area contributed by atoms with Crippen molar-refractivity contribution in [2.24, 2.45) is 5.10 Å². The van der Waals surface area contributed by atoms with Gasteiger partial charge in [-0.3, -0.25) is 0 Å². The van der Waals surface area contributed by atoms with Gasteiger partial charge in [-0.25, -0.2) is 15.4 Å². The van der Waals surface area contributed by atoms with Crippen molar-refractivity contribution >= 4 is 11.7 Å². The van der Waals surface area contributed by atoms with E-state index < -0.39 is 0 Å². The van der Waals surface area contributed by atoms with E-state index in [1.54, 1.807) is 12.4 Å². The quantitative estimate of drug-likeness (QED) is 0.583. The average molecular weight is 288 g/mol. The normalized spacial score (nSPS) is 11.2. The zero-order valence-electron chi connectivity index (χ0n) is 12.3. The Labute approximate surface area is 129 Å². The third kappa shape index (κ3) is 3.35. The molecular formula is C18H16N4. The van der Waals surface area contributed by atoms with Gasteiger partial charge in [-0.15, -0.1) is 0 Å². The van der Waals surface area contributed by atoms with E-state index in [0.29, 0.717) is 5.95 Å². The number of aromatic nitrogens is 2. The smallest absolute Gasteiger partial charge is 0.243 e. The Morgan fingerprint density at radius 2 is 1.41 bits per heavy atom. The van der Waals surface area contributed by atoms with Gasteiger partial charge in [0.1, 0.15) is 0 Å². The Kier molecular flexibility index (Phi) is 4.20. The summed E-state index contributed by atoms with van der Waals surface area (Å²) in [4.78, 5) is 8.58. The highest BCUT2D eigenvalue weighted by molar-refractivity contribution is 5.98. The van der Waals surface area contributed by atoms with Crippen molar-refractivity contribution < 1.29 is 0 Å². The van der Waals surface area contributed by atoms with Gasteiger partial charge in [-0.1, -0.05) is 60.7 Å². The number of nitrogens with one attached hydrogen (secondary N) is 1. The van der Waals surface area contributed by atoms with Gasteiger partial charge >= 0.3 is 0 Å². The standard InChI is InChI=1S/C18H16N4/c1-14(15-8-4-2-5-9-15)21-22-18-19-12-17(13-20-18)16-10-6-3-7-11-16/h2-13H,1H3,(H,19,20,22). The van der Waals surface area contributed by atoms with Crippen molar-refractivity contribution in [3.05, 3.63) is 78.6 Å². The molecule has 0 unspecified atom stereocenters. The molecule has 0 saturated carbocycles. The maximum atomic E-state index is 4.31. The fourth-order valence-electron chi connectivity index (χ4n) is 2.04. The summed E-state index contributed by atoms with van der Waals surface area (Å²) in [5.41, 5.74) is 6.92. The first-order chi connectivity index (χ1) is 10.8. The molecule has 3 rings (SSSR count). The SMILES string of the molecule is CC(=NNc1ncc(-c2ccccc2)cn1)c1ccccc1. The molecule has 0 spiro atoms. The predicted molar refractivity (Wildman–Crippen MR) is 89.7 cm³/mol. The summed E-state index contributed by atoms with van der Waals surface area (Å²) in [6, 6.07) is 20.0. The lowest BCUT2D eigenvalue weighted by molar-refractivity contribution is 1.12. The van der Waals surface area contributed by atoms with Crippen LogP contribution in [0.4, 0.5) is 5.95 Å². The van der Waals surface area contributed by atoms with Crippen LogP contribution in [0.5, 0.6) is 0 Å². The molecule has 3 aromatic rings. The van der Waals surface area contributed by atoms with E-state index in [2.05, 4.69) is 20.5 Å². The Bertz CT molecular complexity index is 750. The molecule has 0 amide bonds. The molecule has 0 atom stereocenters. The Morgan fingerprint density at radius 1 is 0.818 bits per heavy atom. The maximum absolute atomic E-state index is 4.31. The molecule has 0 saturated heterocycles. The van der Waals surface area contributed by atoms with Crippen LogP contribution in [0.25, 0.3) is 11.1 Å². The molecule has 22 heavy (non-hydrogen) atoms. The molecule has 0 aliphatic carbocycles. The van der Waals surface area contributed by atoms with Crippen LogP contribution in [0.15, 0.2) is 78.2 Å². The van der Waals surface area contributed by atoms with Crippen molar-refractivity contribution in [2.45, 2.75) is 6.92 Å². The molecule has 0 bridgehead atoms. The van der Waals surface area contributed by atoms with Gasteiger partial charge in [0.05, 0.1) is 5.71 Å². The van der Waals surface area contributed by atoms with Gasteiger partial charge in [0.2, 0.25) is 5.95 Å². The van der Waals surface area contributed by atoms with Crippen LogP contribution in [-0.2, 0) is 0 Å². The van der Waals surface area contributed by atoms with Crippen LogP contribution in [0, 0.1) is 0 Å². The second-order valence-electron chi connectivity index (χ2n) is 4.84. The molecule has 1 N–H and O–H groups in total. The monoisotopic (exact) mass is 288 g/mol. The van der Waals surface area contributed by atoms with Crippen molar-refractivity contribution in [3.8, 4) is 11.1 Å². The number of hydrogen-bond donors (Lipinski definition) is 1. The van der Waals surface area contributed by atoms with Crippen LogP contribution in [0.3, 0.4) is 0 Å². The van der Waals surface area contributed by atoms with Crippen LogP contribution in [-0.4, -0.2) is 15.7 Å². The highest BCUT2D eigenvalue weighted by Crippen LogP contribution is 2.17. The van der Waals surface area contributed by atoms with Gasteiger partial charge in [0, 0.05) is 18.0 Å². The van der Waals surface area contributed by atoms with E-state index >= 15 is 0 Å². The Balaban J connectivity index is 1.72. The minimum atomic E-state index is 0.481. The van der Waals surface area contributed by atoms with Crippen molar-refractivity contribution in [1.29, 1.82) is 0 Å². The lowest BCUT2D eigenvalue weighted by Crippen LogP contribution is -2.02. The summed E-state index contributed by atoms with van der Waals surface area (Å²) in [6.45, 7) is 1.95. The van der Waals surface area contributed by atoms with Crippen molar-refractivity contribution in [2.75, 3.05) is 5.43 Å². The van der Waals surface area contributed by atoms with Crippen LogP contribution in [0.1, 0.15) is 12.5 Å². The zero-order valence-corrected chi connectivity index (χ0v) is 12.3. The number of hydrazone groups is 1. The van der Waals surface area contributed by atoms with Crippen LogP contribution < -0.4 is 5.43 Å². The van der Waals surface area contributed by atoms with E-state index in [1.807, 2.05) is 67.6 Å². The summed E-state index contributed by atoms with van der Waals surface area (Å²) in [7, 11) is 0. The summed E-state index contributed by atoms with van der Waals surface area (Å²) < 4.78 is 0. The van der Waals surface area contributed by atoms with E-state index in [9.17, 15) is 0 Å². The molecule has 2 aromatic carbocycles. The van der Waals surface area contributed by atoms with Crippen LogP contribution in [0.2, 0.25) is 0 Å². The fourth-order valence-corrected chi connectivity index (χ4v) is 2.04. The van der Waals surface area contributed by atoms with Gasteiger partial charge < -0.3 is 0 Å².